The summed E-state index contributed by atoms with van der Waals surface area (Å²) in [5.41, 5.74) is 1.30. The molecule has 25 heavy (non-hydrogen) atoms. The molecular weight excluding hydrogens is 334 g/mol. The van der Waals surface area contributed by atoms with Crippen LogP contribution in [0, 0.1) is 0 Å². The number of rotatable bonds is 7. The van der Waals surface area contributed by atoms with Gasteiger partial charge in [0.25, 0.3) is 11.8 Å². The van der Waals surface area contributed by atoms with Crippen molar-refractivity contribution in [3.63, 3.8) is 0 Å². The van der Waals surface area contributed by atoms with E-state index in [1.54, 1.807) is 18.4 Å². The largest absolute Gasteiger partial charge is 0.497 e. The summed E-state index contributed by atoms with van der Waals surface area (Å²) < 4.78 is 11.2. The molecule has 5 nitrogen and oxygen atoms in total. The van der Waals surface area contributed by atoms with E-state index in [0.29, 0.717) is 11.9 Å². The quantitative estimate of drug-likeness (QED) is 0.707. The van der Waals surface area contributed by atoms with E-state index < -0.39 is 0 Å². The number of ether oxygens (including phenoxy) is 1. The minimum atomic E-state index is 0.177. The summed E-state index contributed by atoms with van der Waals surface area (Å²) in [4.78, 5) is 2.51. The van der Waals surface area contributed by atoms with E-state index in [2.05, 4.69) is 29.3 Å². The lowest BCUT2D eigenvalue weighted by Gasteiger charge is -2.23. The molecule has 0 radical (unpaired) electrons. The fourth-order valence-electron chi connectivity index (χ4n) is 3.15. The van der Waals surface area contributed by atoms with E-state index in [9.17, 15) is 0 Å². The topological polar surface area (TPSA) is 52.6 Å². The van der Waals surface area contributed by atoms with E-state index >= 15 is 0 Å². The number of methoxy groups -OCH3 is 1. The van der Waals surface area contributed by atoms with Crippen molar-refractivity contribution in [1.29, 1.82) is 0 Å². The lowest BCUT2D eigenvalue weighted by molar-refractivity contribution is -0.955. The zero-order chi connectivity index (χ0) is 17.2. The molecule has 1 N–H and O–H groups in total. The van der Waals surface area contributed by atoms with E-state index in [1.165, 1.54) is 23.3 Å². The number of aromatic nitrogens is 2. The average Bonchev–Trinajstić information content (AvgIpc) is 3.13. The summed E-state index contributed by atoms with van der Waals surface area (Å²) in [5, 5.41) is 10.6. The van der Waals surface area contributed by atoms with E-state index in [0.717, 1.165) is 23.1 Å². The Morgan fingerprint density at radius 3 is 2.68 bits per heavy atom. The van der Waals surface area contributed by atoms with E-state index in [1.807, 2.05) is 29.6 Å². The van der Waals surface area contributed by atoms with Gasteiger partial charge in [-0.15, -0.1) is 21.5 Å². The maximum Gasteiger partial charge on any atom is 0.274 e. The van der Waals surface area contributed by atoms with E-state index in [4.69, 9.17) is 9.15 Å². The van der Waals surface area contributed by atoms with Crippen LogP contribution in [0.5, 0.6) is 5.75 Å². The van der Waals surface area contributed by atoms with Gasteiger partial charge in [0.05, 0.1) is 18.0 Å². The first kappa shape index (κ1) is 16.3. The molecule has 130 valence electrons. The maximum absolute atomic E-state index is 5.97. The van der Waals surface area contributed by atoms with Crippen LogP contribution >= 0.6 is 11.3 Å². The first-order valence-electron chi connectivity index (χ1n) is 8.60. The van der Waals surface area contributed by atoms with Crippen LogP contribution in [0.4, 0.5) is 0 Å². The van der Waals surface area contributed by atoms with Gasteiger partial charge in [-0.1, -0.05) is 6.07 Å². The molecule has 1 fully saturated rings. The Morgan fingerprint density at radius 1 is 1.24 bits per heavy atom. The Kier molecular flexibility index (Phi) is 4.55. The van der Waals surface area contributed by atoms with Gasteiger partial charge in [-0.25, -0.2) is 0 Å². The summed E-state index contributed by atoms with van der Waals surface area (Å²) in [7, 11) is 1.69. The SMILES string of the molecule is COc1ccc(C[NH+](C2CC2)[C@@H](C)c2nnc(-c3cccs3)o2)cc1. The van der Waals surface area contributed by atoms with Crippen molar-refractivity contribution in [2.75, 3.05) is 7.11 Å². The molecule has 2 heterocycles. The Labute approximate surface area is 151 Å². The lowest BCUT2D eigenvalue weighted by Crippen LogP contribution is -3.12. The van der Waals surface area contributed by atoms with Crippen LogP contribution in [0.3, 0.4) is 0 Å². The number of hydrogen-bond donors (Lipinski definition) is 1. The number of nitrogens with zero attached hydrogens (tertiary/aromatic N) is 2. The van der Waals surface area contributed by atoms with Gasteiger partial charge in [0.1, 0.15) is 12.3 Å². The highest BCUT2D eigenvalue weighted by Crippen LogP contribution is 2.25. The fourth-order valence-corrected chi connectivity index (χ4v) is 3.80. The standard InChI is InChI=1S/C19H21N3O2S/c1-13(18-20-21-19(24-18)17-4-3-11-25-17)22(15-7-8-15)12-14-5-9-16(23-2)10-6-14/h3-6,9-11,13,15H,7-8,12H2,1-2H3/p+1/t13-/m0/s1. The predicted octanol–water partition coefficient (Wildman–Crippen LogP) is 3.12. The van der Waals surface area contributed by atoms with Crippen LogP contribution in [0.1, 0.15) is 37.3 Å². The van der Waals surface area contributed by atoms with Gasteiger partial charge in [0.2, 0.25) is 0 Å². The molecule has 1 aliphatic carbocycles. The van der Waals surface area contributed by atoms with Gasteiger partial charge in [-0.2, -0.15) is 0 Å². The zero-order valence-electron chi connectivity index (χ0n) is 14.4. The number of hydrogen-bond acceptors (Lipinski definition) is 5. The highest BCUT2D eigenvalue weighted by Gasteiger charge is 2.39. The summed E-state index contributed by atoms with van der Waals surface area (Å²) in [6.07, 6.45) is 2.53. The molecule has 0 spiro atoms. The van der Waals surface area contributed by atoms with Gasteiger partial charge in [0.15, 0.2) is 6.04 Å². The Bertz CT molecular complexity index is 810. The van der Waals surface area contributed by atoms with Crippen LogP contribution in [0.25, 0.3) is 10.8 Å². The van der Waals surface area contributed by atoms with Crippen LogP contribution in [0.15, 0.2) is 46.2 Å². The Morgan fingerprint density at radius 2 is 2.04 bits per heavy atom. The third-order valence-corrected chi connectivity index (χ3v) is 5.63. The summed E-state index contributed by atoms with van der Waals surface area (Å²) in [6.45, 7) is 3.13. The van der Waals surface area contributed by atoms with Crippen LogP contribution in [-0.4, -0.2) is 23.3 Å². The molecule has 0 aliphatic heterocycles. The third kappa shape index (κ3) is 3.60. The number of quaternary nitrogens is 1. The minimum absolute atomic E-state index is 0.177. The fraction of sp³-hybridized carbons (Fsp3) is 0.368. The molecule has 0 saturated heterocycles. The minimum Gasteiger partial charge on any atom is -0.497 e. The molecule has 0 amide bonds. The predicted molar refractivity (Wildman–Crippen MR) is 96.7 cm³/mol. The van der Waals surface area contributed by atoms with Gasteiger partial charge < -0.3 is 14.1 Å². The maximum atomic E-state index is 5.97. The molecule has 4 rings (SSSR count). The second-order valence-corrected chi connectivity index (χ2v) is 7.47. The molecule has 6 heteroatoms. The Hall–Kier alpha value is -2.18. The molecule has 0 bridgehead atoms. The zero-order valence-corrected chi connectivity index (χ0v) is 15.3. The van der Waals surface area contributed by atoms with Gasteiger partial charge >= 0.3 is 0 Å². The molecule has 2 atom stereocenters. The van der Waals surface area contributed by atoms with Crippen molar-refractivity contribution in [2.45, 2.75) is 38.4 Å². The van der Waals surface area contributed by atoms with Crippen molar-refractivity contribution in [2.24, 2.45) is 0 Å². The molecule has 1 aliphatic rings. The monoisotopic (exact) mass is 356 g/mol. The molecule has 3 aromatic rings. The second-order valence-electron chi connectivity index (χ2n) is 6.52. The van der Waals surface area contributed by atoms with Crippen LogP contribution < -0.4 is 9.64 Å². The molecular formula is C19H22N3O2S+. The molecule has 2 aromatic heterocycles. The smallest absolute Gasteiger partial charge is 0.274 e. The molecule has 1 unspecified atom stereocenters. The molecule has 1 saturated carbocycles. The van der Waals surface area contributed by atoms with E-state index in [-0.39, 0.29) is 6.04 Å². The lowest BCUT2D eigenvalue weighted by atomic mass is 10.1. The Balaban J connectivity index is 1.52. The van der Waals surface area contributed by atoms with Crippen molar-refractivity contribution in [3.8, 4) is 16.5 Å². The molecule has 1 aromatic carbocycles. The summed E-state index contributed by atoms with van der Waals surface area (Å²) >= 11 is 1.62. The third-order valence-electron chi connectivity index (χ3n) is 4.77. The normalized spacial score (nSPS) is 16.6. The number of benzene rings is 1. The number of thiophene rings is 1. The highest BCUT2D eigenvalue weighted by molar-refractivity contribution is 7.13. The average molecular weight is 356 g/mol. The van der Waals surface area contributed by atoms with Gasteiger partial charge in [-0.05, 0) is 42.6 Å². The van der Waals surface area contributed by atoms with Gasteiger partial charge in [-0.3, -0.25) is 0 Å². The highest BCUT2D eigenvalue weighted by atomic mass is 32.1. The van der Waals surface area contributed by atoms with Crippen molar-refractivity contribution >= 4 is 11.3 Å². The van der Waals surface area contributed by atoms with Crippen LogP contribution in [-0.2, 0) is 6.54 Å². The number of nitrogens with one attached hydrogen (secondary N) is 1. The van der Waals surface area contributed by atoms with Gasteiger partial charge in [0, 0.05) is 18.4 Å². The first-order valence-corrected chi connectivity index (χ1v) is 9.48. The summed E-state index contributed by atoms with van der Waals surface area (Å²) in [5.74, 6) is 2.23. The first-order chi connectivity index (χ1) is 12.2. The van der Waals surface area contributed by atoms with Crippen molar-refractivity contribution in [1.82, 2.24) is 10.2 Å². The van der Waals surface area contributed by atoms with Crippen LogP contribution in [0.2, 0.25) is 0 Å². The van der Waals surface area contributed by atoms with Crippen molar-refractivity contribution < 1.29 is 14.1 Å². The summed E-state index contributed by atoms with van der Waals surface area (Å²) in [6, 6.07) is 13.2. The second kappa shape index (κ2) is 6.98. The van der Waals surface area contributed by atoms with Crippen molar-refractivity contribution in [3.05, 3.63) is 53.2 Å².